The van der Waals surface area contributed by atoms with E-state index in [2.05, 4.69) is 35.5 Å². The van der Waals surface area contributed by atoms with Gasteiger partial charge in [-0.05, 0) is 30.4 Å². The fraction of sp³-hybridized carbons (Fsp3) is 0.154. The molecular formula is C26H19FN8OS. The molecule has 182 valence electrons. The molecule has 1 fully saturated rings. The summed E-state index contributed by atoms with van der Waals surface area (Å²) >= 11 is 1.60. The highest BCUT2D eigenvalue weighted by molar-refractivity contribution is 7.13. The minimum Gasteiger partial charge on any atom is -0.335 e. The van der Waals surface area contributed by atoms with Crippen molar-refractivity contribution >= 4 is 44.9 Å². The van der Waals surface area contributed by atoms with Crippen molar-refractivity contribution < 1.29 is 9.18 Å². The summed E-state index contributed by atoms with van der Waals surface area (Å²) in [7, 11) is 0. The SMILES string of the molecule is O=C(Nc1cncc(-c2ncc3[nH]nc(-c4nc5c(-c6cccs6)cncc5[nH]4)c3c2F)c1)C1CCC1. The number of pyridine rings is 3. The molecule has 7 rings (SSSR count). The lowest BCUT2D eigenvalue weighted by Crippen LogP contribution is -2.28. The van der Waals surface area contributed by atoms with Crippen molar-refractivity contribution in [2.45, 2.75) is 19.3 Å². The topological polar surface area (TPSA) is 125 Å². The summed E-state index contributed by atoms with van der Waals surface area (Å²) in [6.45, 7) is 0. The van der Waals surface area contributed by atoms with E-state index < -0.39 is 5.82 Å². The molecule has 1 aliphatic carbocycles. The zero-order valence-electron chi connectivity index (χ0n) is 19.3. The van der Waals surface area contributed by atoms with Crippen LogP contribution in [0.2, 0.25) is 0 Å². The Balaban J connectivity index is 1.30. The highest BCUT2D eigenvalue weighted by Gasteiger charge is 2.26. The Bertz CT molecular complexity index is 1790. The molecule has 37 heavy (non-hydrogen) atoms. The minimum absolute atomic E-state index is 0.0303. The monoisotopic (exact) mass is 510 g/mol. The van der Waals surface area contributed by atoms with E-state index in [1.807, 2.05) is 17.5 Å². The van der Waals surface area contributed by atoms with Gasteiger partial charge in [-0.25, -0.2) is 9.37 Å². The van der Waals surface area contributed by atoms with Gasteiger partial charge < -0.3 is 10.3 Å². The number of hydrogen-bond donors (Lipinski definition) is 3. The quantitative estimate of drug-likeness (QED) is 0.279. The summed E-state index contributed by atoms with van der Waals surface area (Å²) in [5.74, 6) is -0.138. The van der Waals surface area contributed by atoms with Gasteiger partial charge in [-0.15, -0.1) is 11.3 Å². The van der Waals surface area contributed by atoms with Crippen molar-refractivity contribution in [2.75, 3.05) is 5.32 Å². The van der Waals surface area contributed by atoms with Crippen LogP contribution in [0.1, 0.15) is 19.3 Å². The summed E-state index contributed by atoms with van der Waals surface area (Å²) < 4.78 is 16.0. The molecule has 6 aromatic heterocycles. The Morgan fingerprint density at radius 2 is 1.97 bits per heavy atom. The fourth-order valence-electron chi connectivity index (χ4n) is 4.56. The smallest absolute Gasteiger partial charge is 0.227 e. The van der Waals surface area contributed by atoms with Crippen LogP contribution in [-0.4, -0.2) is 41.0 Å². The lowest BCUT2D eigenvalue weighted by atomic mass is 9.85. The predicted molar refractivity (Wildman–Crippen MR) is 139 cm³/mol. The molecule has 0 saturated heterocycles. The van der Waals surface area contributed by atoms with Gasteiger partial charge in [0.25, 0.3) is 0 Å². The van der Waals surface area contributed by atoms with Crippen LogP contribution in [0, 0.1) is 11.7 Å². The second-order valence-corrected chi connectivity index (χ2v) is 9.95. The molecule has 0 bridgehead atoms. The van der Waals surface area contributed by atoms with Gasteiger partial charge in [0, 0.05) is 34.3 Å². The lowest BCUT2D eigenvalue weighted by Gasteiger charge is -2.24. The third kappa shape index (κ3) is 3.66. The van der Waals surface area contributed by atoms with Gasteiger partial charge in [0.05, 0.1) is 40.7 Å². The molecular weight excluding hydrogens is 491 g/mol. The average molecular weight is 511 g/mol. The number of carbonyl (C=O) groups excluding carboxylic acids is 1. The molecule has 1 aliphatic rings. The molecule has 9 nitrogen and oxygen atoms in total. The molecule has 0 radical (unpaired) electrons. The van der Waals surface area contributed by atoms with Crippen LogP contribution in [0.25, 0.3) is 55.2 Å². The number of nitrogens with one attached hydrogen (secondary N) is 3. The van der Waals surface area contributed by atoms with Gasteiger partial charge in [-0.1, -0.05) is 12.5 Å². The summed E-state index contributed by atoms with van der Waals surface area (Å²) in [5, 5.41) is 12.4. The first kappa shape index (κ1) is 21.7. The van der Waals surface area contributed by atoms with Crippen LogP contribution in [0.15, 0.2) is 54.6 Å². The first-order valence-corrected chi connectivity index (χ1v) is 12.7. The van der Waals surface area contributed by atoms with Gasteiger partial charge in [0.15, 0.2) is 11.6 Å². The standard InChI is InChI=1S/C26H19FN8OS/c27-21-20-17(12-30-22(21)14-7-15(9-28-8-14)31-26(36)13-3-1-4-13)34-35-24(20)25-32-18-11-29-10-16(23(18)33-25)19-5-2-6-37-19/h2,5-13H,1,3-4H2,(H,31,36)(H,32,33)(H,34,35). The predicted octanol–water partition coefficient (Wildman–Crippen LogP) is 5.56. The fourth-order valence-corrected chi connectivity index (χ4v) is 5.29. The normalized spacial score (nSPS) is 13.8. The zero-order valence-corrected chi connectivity index (χ0v) is 20.1. The van der Waals surface area contributed by atoms with E-state index in [0.717, 1.165) is 40.7 Å². The minimum atomic E-state index is -0.553. The number of thiophene rings is 1. The van der Waals surface area contributed by atoms with Gasteiger partial charge in [0.1, 0.15) is 16.9 Å². The van der Waals surface area contributed by atoms with Crippen molar-refractivity contribution in [3.05, 3.63) is 60.4 Å². The van der Waals surface area contributed by atoms with E-state index >= 15 is 4.39 Å². The largest absolute Gasteiger partial charge is 0.335 e. The van der Waals surface area contributed by atoms with Crippen molar-refractivity contribution in [3.63, 3.8) is 0 Å². The highest BCUT2D eigenvalue weighted by atomic mass is 32.1. The molecule has 0 aliphatic heterocycles. The van der Waals surface area contributed by atoms with Gasteiger partial charge in [-0.3, -0.25) is 24.8 Å². The number of amides is 1. The number of aromatic nitrogens is 7. The lowest BCUT2D eigenvalue weighted by molar-refractivity contribution is -0.122. The Morgan fingerprint density at radius 1 is 1.08 bits per heavy atom. The van der Waals surface area contributed by atoms with E-state index in [0.29, 0.717) is 28.3 Å². The number of nitrogens with zero attached hydrogens (tertiary/aromatic N) is 5. The number of carbonyl (C=O) groups is 1. The first-order valence-electron chi connectivity index (χ1n) is 11.8. The van der Waals surface area contributed by atoms with Gasteiger partial charge in [-0.2, -0.15) is 5.10 Å². The molecule has 6 heterocycles. The highest BCUT2D eigenvalue weighted by Crippen LogP contribution is 2.35. The number of aromatic amines is 2. The molecule has 3 N–H and O–H groups in total. The van der Waals surface area contributed by atoms with Crippen LogP contribution in [0.4, 0.5) is 10.1 Å². The maximum absolute atomic E-state index is 16.0. The van der Waals surface area contributed by atoms with E-state index in [1.165, 1.54) is 12.4 Å². The Morgan fingerprint density at radius 3 is 2.78 bits per heavy atom. The van der Waals surface area contributed by atoms with Gasteiger partial charge in [0.2, 0.25) is 5.91 Å². The third-order valence-electron chi connectivity index (χ3n) is 6.70. The van der Waals surface area contributed by atoms with Gasteiger partial charge >= 0.3 is 0 Å². The molecule has 0 aromatic carbocycles. The maximum atomic E-state index is 16.0. The molecule has 0 unspecified atom stereocenters. The number of H-pyrrole nitrogens is 2. The molecule has 11 heteroatoms. The van der Waals surface area contributed by atoms with E-state index in [4.69, 9.17) is 4.98 Å². The third-order valence-corrected chi connectivity index (χ3v) is 7.61. The molecule has 1 saturated carbocycles. The van der Waals surface area contributed by atoms with Crippen molar-refractivity contribution in [1.29, 1.82) is 0 Å². The van der Waals surface area contributed by atoms with E-state index in [-0.39, 0.29) is 22.9 Å². The van der Waals surface area contributed by atoms with E-state index in [9.17, 15) is 4.79 Å². The number of anilines is 1. The molecule has 0 atom stereocenters. The summed E-state index contributed by atoms with van der Waals surface area (Å²) in [4.78, 5) is 34.3. The Hall–Kier alpha value is -4.51. The second-order valence-electron chi connectivity index (χ2n) is 9.01. The first-order chi connectivity index (χ1) is 18.2. The number of fused-ring (bicyclic) bond motifs is 2. The van der Waals surface area contributed by atoms with Crippen molar-refractivity contribution in [1.82, 2.24) is 35.1 Å². The Kier molecular flexibility index (Phi) is 5.03. The van der Waals surface area contributed by atoms with Crippen LogP contribution in [-0.2, 0) is 4.79 Å². The summed E-state index contributed by atoms with van der Waals surface area (Å²) in [5.41, 5.74) is 4.20. The number of halogens is 1. The zero-order chi connectivity index (χ0) is 24.9. The molecule has 1 amide bonds. The van der Waals surface area contributed by atoms with Crippen LogP contribution >= 0.6 is 11.3 Å². The van der Waals surface area contributed by atoms with Crippen LogP contribution in [0.5, 0.6) is 0 Å². The number of hydrogen-bond acceptors (Lipinski definition) is 7. The molecule has 0 spiro atoms. The summed E-state index contributed by atoms with van der Waals surface area (Å²) in [6.07, 6.45) is 10.9. The number of imidazole rings is 1. The maximum Gasteiger partial charge on any atom is 0.227 e. The van der Waals surface area contributed by atoms with Crippen molar-refractivity contribution in [3.8, 4) is 33.2 Å². The molecule has 6 aromatic rings. The van der Waals surface area contributed by atoms with Crippen molar-refractivity contribution in [2.24, 2.45) is 5.92 Å². The average Bonchev–Trinajstić information content (AvgIpc) is 3.62. The second kappa shape index (κ2) is 8.56. The van der Waals surface area contributed by atoms with Crippen LogP contribution in [0.3, 0.4) is 0 Å². The van der Waals surface area contributed by atoms with Crippen LogP contribution < -0.4 is 5.32 Å². The van der Waals surface area contributed by atoms with E-state index in [1.54, 1.807) is 36.0 Å². The summed E-state index contributed by atoms with van der Waals surface area (Å²) in [6, 6.07) is 5.66. The Labute approximate surface area is 213 Å². The number of rotatable bonds is 5.